The zero-order valence-corrected chi connectivity index (χ0v) is 12.2. The summed E-state index contributed by atoms with van der Waals surface area (Å²) < 4.78 is 0. The van der Waals surface area contributed by atoms with Crippen molar-refractivity contribution in [3.05, 3.63) is 45.0 Å². The third-order valence-electron chi connectivity index (χ3n) is 2.69. The zero-order valence-electron chi connectivity index (χ0n) is 11.4. The smallest absolute Gasteiger partial charge is 0.269 e. The Hall–Kier alpha value is -2.35. The van der Waals surface area contributed by atoms with Crippen LogP contribution in [-0.2, 0) is 11.2 Å². The molecule has 0 aliphatic heterocycles. The van der Waals surface area contributed by atoms with Gasteiger partial charge in [-0.3, -0.25) is 14.9 Å². The fourth-order valence-electron chi connectivity index (χ4n) is 1.69. The first-order valence-corrected chi connectivity index (χ1v) is 7.25. The van der Waals surface area contributed by atoms with E-state index in [9.17, 15) is 14.9 Å². The lowest BCUT2D eigenvalue weighted by atomic mass is 10.1. The summed E-state index contributed by atoms with van der Waals surface area (Å²) in [6, 6.07) is 6.30. The van der Waals surface area contributed by atoms with Gasteiger partial charge in [0.05, 0.1) is 4.92 Å². The van der Waals surface area contributed by atoms with E-state index in [0.717, 1.165) is 17.0 Å². The van der Waals surface area contributed by atoms with Gasteiger partial charge in [-0.25, -0.2) is 0 Å². The van der Waals surface area contributed by atoms with Crippen molar-refractivity contribution in [1.82, 2.24) is 10.2 Å². The molecule has 0 fully saturated rings. The summed E-state index contributed by atoms with van der Waals surface area (Å²) in [6.45, 7) is 1.93. The van der Waals surface area contributed by atoms with Crippen molar-refractivity contribution in [2.24, 2.45) is 0 Å². The maximum absolute atomic E-state index is 11.4. The molecule has 8 heteroatoms. The average Bonchev–Trinajstić information content (AvgIpc) is 2.86. The second-order valence-corrected chi connectivity index (χ2v) is 5.46. The number of rotatable bonds is 6. The second kappa shape index (κ2) is 6.89. The number of hydrogen-bond acceptors (Lipinski definition) is 6. The summed E-state index contributed by atoms with van der Waals surface area (Å²) >= 11 is 1.30. The molecule has 0 saturated heterocycles. The SMILES string of the molecule is CCCC(=O)Nc1nnc(Cc2ccc([N+](=O)[O-])cc2)s1. The highest BCUT2D eigenvalue weighted by molar-refractivity contribution is 7.15. The molecule has 1 aromatic carbocycles. The van der Waals surface area contributed by atoms with Gasteiger partial charge in [0, 0.05) is 25.0 Å². The van der Waals surface area contributed by atoms with E-state index >= 15 is 0 Å². The van der Waals surface area contributed by atoms with Crippen LogP contribution in [0.15, 0.2) is 24.3 Å². The van der Waals surface area contributed by atoms with Crippen molar-refractivity contribution in [3.63, 3.8) is 0 Å². The highest BCUT2D eigenvalue weighted by Crippen LogP contribution is 2.20. The van der Waals surface area contributed by atoms with Crippen LogP contribution in [-0.4, -0.2) is 21.0 Å². The molecule has 1 N–H and O–H groups in total. The van der Waals surface area contributed by atoms with Crippen molar-refractivity contribution < 1.29 is 9.72 Å². The Bertz CT molecular complexity index is 639. The minimum absolute atomic E-state index is 0.0588. The van der Waals surface area contributed by atoms with E-state index in [2.05, 4.69) is 15.5 Å². The van der Waals surface area contributed by atoms with Gasteiger partial charge in [0.2, 0.25) is 11.0 Å². The summed E-state index contributed by atoms with van der Waals surface area (Å²) in [7, 11) is 0. The van der Waals surface area contributed by atoms with E-state index < -0.39 is 4.92 Å². The van der Waals surface area contributed by atoms with Gasteiger partial charge in [-0.1, -0.05) is 30.4 Å². The standard InChI is InChI=1S/C13H14N4O3S/c1-2-3-11(18)14-13-16-15-12(21-13)8-9-4-6-10(7-5-9)17(19)20/h4-7H,2-3,8H2,1H3,(H,14,16,18). The van der Waals surface area contributed by atoms with Gasteiger partial charge < -0.3 is 5.32 Å². The van der Waals surface area contributed by atoms with Crippen molar-refractivity contribution in [2.45, 2.75) is 26.2 Å². The predicted molar refractivity (Wildman–Crippen MR) is 79.3 cm³/mol. The monoisotopic (exact) mass is 306 g/mol. The Balaban J connectivity index is 1.98. The minimum atomic E-state index is -0.434. The normalized spacial score (nSPS) is 10.3. The molecule has 0 radical (unpaired) electrons. The first-order chi connectivity index (χ1) is 10.1. The number of aromatic nitrogens is 2. The summed E-state index contributed by atoms with van der Waals surface area (Å²) in [5.41, 5.74) is 0.965. The molecule has 1 amide bonds. The third kappa shape index (κ3) is 4.32. The number of nitro groups is 1. The van der Waals surface area contributed by atoms with E-state index in [-0.39, 0.29) is 11.6 Å². The number of carbonyl (C=O) groups excluding carboxylic acids is 1. The fraction of sp³-hybridized carbons (Fsp3) is 0.308. The molecule has 1 aromatic heterocycles. The maximum atomic E-state index is 11.4. The summed E-state index contributed by atoms with van der Waals surface area (Å²) in [5, 5.41) is 22.4. The molecule has 2 rings (SSSR count). The average molecular weight is 306 g/mol. The van der Waals surface area contributed by atoms with Crippen molar-refractivity contribution >= 4 is 28.1 Å². The first kappa shape index (κ1) is 15.0. The predicted octanol–water partition coefficient (Wildman–Crippen LogP) is 2.78. The Morgan fingerprint density at radius 1 is 1.33 bits per heavy atom. The zero-order chi connectivity index (χ0) is 15.2. The third-order valence-corrected chi connectivity index (χ3v) is 3.53. The number of hydrogen-bond donors (Lipinski definition) is 1. The van der Waals surface area contributed by atoms with Crippen LogP contribution >= 0.6 is 11.3 Å². The lowest BCUT2D eigenvalue weighted by Crippen LogP contribution is -2.10. The highest BCUT2D eigenvalue weighted by atomic mass is 32.1. The Morgan fingerprint density at radius 3 is 2.67 bits per heavy atom. The highest BCUT2D eigenvalue weighted by Gasteiger charge is 2.09. The number of non-ortho nitro benzene ring substituents is 1. The van der Waals surface area contributed by atoms with Gasteiger partial charge in [0.1, 0.15) is 5.01 Å². The van der Waals surface area contributed by atoms with Gasteiger partial charge in [0.25, 0.3) is 5.69 Å². The van der Waals surface area contributed by atoms with Gasteiger partial charge in [-0.15, -0.1) is 10.2 Å². The van der Waals surface area contributed by atoms with Crippen LogP contribution in [0.3, 0.4) is 0 Å². The van der Waals surface area contributed by atoms with E-state index in [1.165, 1.54) is 23.5 Å². The summed E-state index contributed by atoms with van der Waals surface area (Å²) in [4.78, 5) is 21.6. The molecule has 7 nitrogen and oxygen atoms in total. The quantitative estimate of drug-likeness (QED) is 0.653. The molecule has 0 aliphatic carbocycles. The largest absolute Gasteiger partial charge is 0.301 e. The van der Waals surface area contributed by atoms with E-state index in [1.54, 1.807) is 12.1 Å². The van der Waals surface area contributed by atoms with Crippen molar-refractivity contribution in [3.8, 4) is 0 Å². The lowest BCUT2D eigenvalue weighted by molar-refractivity contribution is -0.384. The number of anilines is 1. The summed E-state index contributed by atoms with van der Waals surface area (Å²) in [6.07, 6.45) is 1.76. The number of nitrogens with zero attached hydrogens (tertiary/aromatic N) is 3. The molecule has 1 heterocycles. The minimum Gasteiger partial charge on any atom is -0.301 e. The van der Waals surface area contributed by atoms with E-state index in [1.807, 2.05) is 6.92 Å². The van der Waals surface area contributed by atoms with Crippen LogP contribution in [0.4, 0.5) is 10.8 Å². The molecule has 0 atom stereocenters. The van der Waals surface area contributed by atoms with E-state index in [0.29, 0.717) is 18.0 Å². The summed E-state index contributed by atoms with van der Waals surface area (Å²) in [5.74, 6) is -0.0736. The second-order valence-electron chi connectivity index (χ2n) is 4.40. The van der Waals surface area contributed by atoms with Crippen LogP contribution < -0.4 is 5.32 Å². The molecule has 21 heavy (non-hydrogen) atoms. The molecule has 0 saturated carbocycles. The lowest BCUT2D eigenvalue weighted by Gasteiger charge is -1.98. The Morgan fingerprint density at radius 2 is 2.05 bits per heavy atom. The Kier molecular flexibility index (Phi) is 4.94. The van der Waals surface area contributed by atoms with Crippen molar-refractivity contribution in [2.75, 3.05) is 5.32 Å². The molecule has 0 aliphatic rings. The molecular formula is C13H14N4O3S. The van der Waals surface area contributed by atoms with E-state index in [4.69, 9.17) is 0 Å². The number of nitrogens with one attached hydrogen (secondary N) is 1. The molecular weight excluding hydrogens is 292 g/mol. The molecule has 110 valence electrons. The number of amides is 1. The first-order valence-electron chi connectivity index (χ1n) is 6.44. The van der Waals surface area contributed by atoms with Gasteiger partial charge >= 0.3 is 0 Å². The van der Waals surface area contributed by atoms with Crippen LogP contribution in [0.2, 0.25) is 0 Å². The molecule has 0 bridgehead atoms. The molecule has 0 unspecified atom stereocenters. The van der Waals surface area contributed by atoms with Crippen molar-refractivity contribution in [1.29, 1.82) is 0 Å². The van der Waals surface area contributed by atoms with Crippen LogP contribution in [0.1, 0.15) is 30.3 Å². The molecule has 2 aromatic rings. The molecule has 0 spiro atoms. The Labute approximate surface area is 125 Å². The topological polar surface area (TPSA) is 98.0 Å². The van der Waals surface area contributed by atoms with Crippen LogP contribution in [0.25, 0.3) is 0 Å². The number of carbonyl (C=O) groups is 1. The van der Waals surface area contributed by atoms with Gasteiger partial charge in [-0.05, 0) is 12.0 Å². The van der Waals surface area contributed by atoms with Crippen LogP contribution in [0, 0.1) is 10.1 Å². The van der Waals surface area contributed by atoms with Gasteiger partial charge in [-0.2, -0.15) is 0 Å². The maximum Gasteiger partial charge on any atom is 0.269 e. The number of nitro benzene ring substituents is 1. The fourth-order valence-corrected chi connectivity index (χ4v) is 2.48. The van der Waals surface area contributed by atoms with Gasteiger partial charge in [0.15, 0.2) is 0 Å². The number of benzene rings is 1. The van der Waals surface area contributed by atoms with Crippen LogP contribution in [0.5, 0.6) is 0 Å².